The molecular formula is C18H19FN6. The van der Waals surface area contributed by atoms with Gasteiger partial charge in [0.05, 0.1) is 19.1 Å². The van der Waals surface area contributed by atoms with Crippen LogP contribution in [-0.2, 0) is 12.1 Å². The fourth-order valence-electron chi connectivity index (χ4n) is 3.03. The van der Waals surface area contributed by atoms with Gasteiger partial charge in [-0.2, -0.15) is 0 Å². The van der Waals surface area contributed by atoms with Crippen LogP contribution in [0.15, 0.2) is 51.9 Å². The molecule has 6 nitrogen and oxygen atoms in total. The molecule has 1 aliphatic heterocycles. The summed E-state index contributed by atoms with van der Waals surface area (Å²) in [6, 6.07) is 4.86. The minimum absolute atomic E-state index is 0.342. The van der Waals surface area contributed by atoms with E-state index in [-0.39, 0.29) is 5.82 Å². The Hall–Kier alpha value is -3.09. The standard InChI is InChI=1S/C18H19FN6/c1-18(10-25-11-23-9-16(25)17(20)24-18)14-6-12(4-5-15(14)19)13(7-21-2)8-22-3/h4-9,11H,2,10H2,1,3H3,(H2,20,24)/b13-7+,22-8?/t18-/m0/s1. The predicted octanol–water partition coefficient (Wildman–Crippen LogP) is 2.40. The molecule has 2 aromatic rings. The topological polar surface area (TPSA) is 80.9 Å². The van der Waals surface area contributed by atoms with Crippen LogP contribution in [0, 0.1) is 5.82 Å². The number of imidazole rings is 1. The number of allylic oxidation sites excluding steroid dienone is 1. The predicted molar refractivity (Wildman–Crippen MR) is 98.6 cm³/mol. The number of amidine groups is 1. The lowest BCUT2D eigenvalue weighted by molar-refractivity contribution is 0.384. The molecule has 128 valence electrons. The van der Waals surface area contributed by atoms with Crippen LogP contribution in [-0.4, -0.2) is 35.4 Å². The summed E-state index contributed by atoms with van der Waals surface area (Å²) in [6.07, 6.45) is 6.56. The van der Waals surface area contributed by atoms with Gasteiger partial charge in [0.15, 0.2) is 0 Å². The molecule has 3 rings (SSSR count). The molecule has 1 aliphatic rings. The third-order valence-electron chi connectivity index (χ3n) is 4.20. The van der Waals surface area contributed by atoms with Crippen molar-refractivity contribution in [1.29, 1.82) is 0 Å². The van der Waals surface area contributed by atoms with Gasteiger partial charge in [-0.15, -0.1) is 0 Å². The van der Waals surface area contributed by atoms with Crippen molar-refractivity contribution >= 4 is 24.3 Å². The van der Waals surface area contributed by atoms with Crippen molar-refractivity contribution in [3.8, 4) is 0 Å². The van der Waals surface area contributed by atoms with Crippen LogP contribution in [0.4, 0.5) is 4.39 Å². The Balaban J connectivity index is 2.11. The molecule has 0 aliphatic carbocycles. The maximum absolute atomic E-state index is 14.6. The number of nitrogens with zero attached hydrogens (tertiary/aromatic N) is 5. The van der Waals surface area contributed by atoms with Gasteiger partial charge < -0.3 is 10.3 Å². The normalized spacial score (nSPS) is 20.4. The number of fused-ring (bicyclic) bond motifs is 1. The summed E-state index contributed by atoms with van der Waals surface area (Å²) in [6.45, 7) is 5.77. The fourth-order valence-corrected chi connectivity index (χ4v) is 3.03. The van der Waals surface area contributed by atoms with Crippen LogP contribution in [0.3, 0.4) is 0 Å². The van der Waals surface area contributed by atoms with E-state index >= 15 is 0 Å². The Morgan fingerprint density at radius 2 is 2.28 bits per heavy atom. The zero-order chi connectivity index (χ0) is 18.0. The minimum Gasteiger partial charge on any atom is -0.382 e. The van der Waals surface area contributed by atoms with E-state index in [1.165, 1.54) is 6.07 Å². The molecule has 25 heavy (non-hydrogen) atoms. The first-order valence-corrected chi connectivity index (χ1v) is 7.73. The third-order valence-corrected chi connectivity index (χ3v) is 4.20. The number of hydrogen-bond donors (Lipinski definition) is 1. The average Bonchev–Trinajstić information content (AvgIpc) is 3.03. The van der Waals surface area contributed by atoms with Gasteiger partial charge in [-0.05, 0) is 31.3 Å². The van der Waals surface area contributed by atoms with Gasteiger partial charge in [0.2, 0.25) is 0 Å². The van der Waals surface area contributed by atoms with E-state index in [0.717, 1.165) is 16.8 Å². The summed E-state index contributed by atoms with van der Waals surface area (Å²) in [5.41, 5.74) is 7.92. The molecule has 0 fully saturated rings. The van der Waals surface area contributed by atoms with Crippen LogP contribution in [0.1, 0.15) is 23.7 Å². The van der Waals surface area contributed by atoms with Crippen molar-refractivity contribution < 1.29 is 4.39 Å². The second kappa shape index (κ2) is 6.43. The van der Waals surface area contributed by atoms with Gasteiger partial charge in [0.25, 0.3) is 0 Å². The first-order chi connectivity index (χ1) is 12.0. The first kappa shape index (κ1) is 16.8. The highest BCUT2D eigenvalue weighted by Gasteiger charge is 2.34. The van der Waals surface area contributed by atoms with E-state index in [1.54, 1.807) is 44.1 Å². The zero-order valence-corrected chi connectivity index (χ0v) is 14.1. The number of aliphatic imine (C=N–C) groups is 3. The Labute approximate surface area is 145 Å². The average molecular weight is 338 g/mol. The van der Waals surface area contributed by atoms with Gasteiger partial charge >= 0.3 is 0 Å². The molecule has 2 N–H and O–H groups in total. The molecule has 0 radical (unpaired) electrons. The van der Waals surface area contributed by atoms with Crippen LogP contribution < -0.4 is 5.73 Å². The lowest BCUT2D eigenvalue weighted by Gasteiger charge is -2.32. The summed E-state index contributed by atoms with van der Waals surface area (Å²) >= 11 is 0. The SMILES string of the molecule is C=N/C=C(\C=NC)c1ccc(F)c([C@]2(C)Cn3cncc3C(N)=N2)c1. The van der Waals surface area contributed by atoms with Gasteiger partial charge in [-0.1, -0.05) is 6.07 Å². The minimum atomic E-state index is -0.839. The molecule has 1 aromatic heterocycles. The van der Waals surface area contributed by atoms with Crippen molar-refractivity contribution in [2.45, 2.75) is 19.0 Å². The van der Waals surface area contributed by atoms with Crippen molar-refractivity contribution in [1.82, 2.24) is 9.55 Å². The number of halogens is 1. The Kier molecular flexibility index (Phi) is 4.31. The van der Waals surface area contributed by atoms with Crippen LogP contribution in [0.5, 0.6) is 0 Å². The number of hydrogen-bond acceptors (Lipinski definition) is 5. The zero-order valence-electron chi connectivity index (χ0n) is 14.1. The Bertz CT molecular complexity index is 908. The van der Waals surface area contributed by atoms with Crippen LogP contribution in [0.25, 0.3) is 5.57 Å². The molecule has 7 heteroatoms. The molecule has 0 saturated heterocycles. The molecule has 0 unspecified atom stereocenters. The molecule has 2 heterocycles. The Morgan fingerprint density at radius 1 is 1.48 bits per heavy atom. The van der Waals surface area contributed by atoms with Crippen LogP contribution in [0.2, 0.25) is 0 Å². The van der Waals surface area contributed by atoms with Crippen molar-refractivity contribution in [2.24, 2.45) is 20.7 Å². The monoisotopic (exact) mass is 338 g/mol. The maximum atomic E-state index is 14.6. The largest absolute Gasteiger partial charge is 0.382 e. The van der Waals surface area contributed by atoms with Gasteiger partial charge in [0.1, 0.15) is 22.9 Å². The van der Waals surface area contributed by atoms with E-state index in [2.05, 4.69) is 26.7 Å². The summed E-state index contributed by atoms with van der Waals surface area (Å²) in [5, 5.41) is 0. The summed E-state index contributed by atoms with van der Waals surface area (Å²) in [5.74, 6) is 0.000382. The molecule has 1 atom stereocenters. The number of benzene rings is 1. The summed E-state index contributed by atoms with van der Waals surface area (Å²) in [4.78, 5) is 16.5. The Morgan fingerprint density at radius 3 is 3.00 bits per heavy atom. The molecule has 0 amide bonds. The van der Waals surface area contributed by atoms with E-state index in [4.69, 9.17) is 5.73 Å². The third kappa shape index (κ3) is 3.00. The smallest absolute Gasteiger partial charge is 0.145 e. The van der Waals surface area contributed by atoms with Crippen molar-refractivity contribution in [2.75, 3.05) is 7.05 Å². The summed E-state index contributed by atoms with van der Waals surface area (Å²) in [7, 11) is 1.66. The van der Waals surface area contributed by atoms with Crippen molar-refractivity contribution in [3.05, 3.63) is 59.6 Å². The molecule has 0 saturated carbocycles. The van der Waals surface area contributed by atoms with Gasteiger partial charge in [-0.3, -0.25) is 15.0 Å². The molecule has 0 spiro atoms. The van der Waals surface area contributed by atoms with E-state index < -0.39 is 5.54 Å². The number of rotatable bonds is 4. The lowest BCUT2D eigenvalue weighted by Crippen LogP contribution is -2.37. The first-order valence-electron chi connectivity index (χ1n) is 7.73. The van der Waals surface area contributed by atoms with Gasteiger partial charge in [0, 0.05) is 30.6 Å². The second-order valence-electron chi connectivity index (χ2n) is 6.03. The maximum Gasteiger partial charge on any atom is 0.145 e. The highest BCUT2D eigenvalue weighted by molar-refractivity contribution is 6.09. The van der Waals surface area contributed by atoms with E-state index in [0.29, 0.717) is 17.9 Å². The van der Waals surface area contributed by atoms with Crippen LogP contribution >= 0.6 is 0 Å². The molecule has 0 bridgehead atoms. The van der Waals surface area contributed by atoms with E-state index in [9.17, 15) is 4.39 Å². The van der Waals surface area contributed by atoms with Crippen molar-refractivity contribution in [3.63, 3.8) is 0 Å². The lowest BCUT2D eigenvalue weighted by atomic mass is 9.88. The number of nitrogens with two attached hydrogens (primary N) is 1. The summed E-state index contributed by atoms with van der Waals surface area (Å²) < 4.78 is 16.5. The van der Waals surface area contributed by atoms with Gasteiger partial charge in [-0.25, -0.2) is 9.37 Å². The fraction of sp³-hybridized carbons (Fsp3) is 0.222. The number of aromatic nitrogens is 2. The highest BCUT2D eigenvalue weighted by atomic mass is 19.1. The highest BCUT2D eigenvalue weighted by Crippen LogP contribution is 2.34. The second-order valence-corrected chi connectivity index (χ2v) is 6.03. The van der Waals surface area contributed by atoms with E-state index in [1.807, 2.05) is 11.5 Å². The molecule has 1 aromatic carbocycles. The quantitative estimate of drug-likeness (QED) is 0.869. The molecular weight excluding hydrogens is 319 g/mol.